The van der Waals surface area contributed by atoms with Gasteiger partial charge in [0.05, 0.1) is 5.41 Å². The average molecular weight is 274 g/mol. The van der Waals surface area contributed by atoms with Gasteiger partial charge < -0.3 is 11.1 Å². The van der Waals surface area contributed by atoms with Crippen LogP contribution in [0.25, 0.3) is 0 Å². The summed E-state index contributed by atoms with van der Waals surface area (Å²) < 4.78 is 0. The smallest absolute Gasteiger partial charge is 0.230 e. The van der Waals surface area contributed by atoms with Crippen LogP contribution in [0.3, 0.4) is 0 Å². The lowest BCUT2D eigenvalue weighted by molar-refractivity contribution is -0.126. The number of carbonyl (C=O) groups excluding carboxylic acids is 1. The van der Waals surface area contributed by atoms with Gasteiger partial charge in [0, 0.05) is 6.04 Å². The maximum absolute atomic E-state index is 12.7. The number of hydrogen-bond acceptors (Lipinski definition) is 2. The fraction of sp³-hybridized carbons (Fsp3) is 0.588. The van der Waals surface area contributed by atoms with Gasteiger partial charge in [0.15, 0.2) is 0 Å². The molecule has 1 saturated carbocycles. The van der Waals surface area contributed by atoms with E-state index in [0.717, 1.165) is 30.4 Å². The quantitative estimate of drug-likeness (QED) is 0.886. The number of nitrogens with two attached hydrogens (primary N) is 1. The van der Waals surface area contributed by atoms with E-state index in [1.165, 1.54) is 0 Å². The van der Waals surface area contributed by atoms with Crippen LogP contribution >= 0.6 is 0 Å². The Morgan fingerprint density at radius 3 is 2.70 bits per heavy atom. The van der Waals surface area contributed by atoms with Gasteiger partial charge in [-0.05, 0) is 57.2 Å². The third kappa shape index (κ3) is 2.88. The topological polar surface area (TPSA) is 55.1 Å². The van der Waals surface area contributed by atoms with Crippen LogP contribution in [0.5, 0.6) is 0 Å². The van der Waals surface area contributed by atoms with E-state index in [1.807, 2.05) is 32.0 Å². The second-order valence-corrected chi connectivity index (χ2v) is 6.45. The minimum Gasteiger partial charge on any atom is -0.352 e. The second kappa shape index (κ2) is 5.96. The first-order chi connectivity index (χ1) is 9.46. The first-order valence-corrected chi connectivity index (χ1v) is 7.54. The van der Waals surface area contributed by atoms with Crippen LogP contribution in [0.2, 0.25) is 0 Å². The van der Waals surface area contributed by atoms with Crippen molar-refractivity contribution < 1.29 is 4.79 Å². The minimum absolute atomic E-state index is 0.108. The third-order valence-electron chi connectivity index (χ3n) is 4.66. The summed E-state index contributed by atoms with van der Waals surface area (Å²) in [7, 11) is 0. The summed E-state index contributed by atoms with van der Waals surface area (Å²) in [5, 5.41) is 3.23. The molecule has 1 aliphatic carbocycles. The van der Waals surface area contributed by atoms with Crippen LogP contribution in [0, 0.1) is 12.8 Å². The van der Waals surface area contributed by atoms with Crippen molar-refractivity contribution in [2.24, 2.45) is 11.7 Å². The molecule has 110 valence electrons. The highest BCUT2D eigenvalue weighted by Crippen LogP contribution is 2.29. The molecule has 1 aromatic rings. The first-order valence-electron chi connectivity index (χ1n) is 7.54. The van der Waals surface area contributed by atoms with Gasteiger partial charge in [-0.2, -0.15) is 0 Å². The molecule has 3 nitrogen and oxygen atoms in total. The molecule has 3 heteroatoms. The molecule has 2 unspecified atom stereocenters. The number of nitrogens with one attached hydrogen (secondary N) is 1. The molecule has 1 fully saturated rings. The molecule has 0 bridgehead atoms. The lowest BCUT2D eigenvalue weighted by atomic mass is 9.81. The number of amides is 1. The van der Waals surface area contributed by atoms with Crippen LogP contribution in [-0.4, -0.2) is 18.5 Å². The van der Waals surface area contributed by atoms with Crippen molar-refractivity contribution in [3.8, 4) is 0 Å². The van der Waals surface area contributed by atoms with E-state index in [4.69, 9.17) is 5.73 Å². The van der Waals surface area contributed by atoms with Crippen LogP contribution in [0.1, 0.15) is 44.2 Å². The molecule has 0 aliphatic heterocycles. The van der Waals surface area contributed by atoms with Crippen LogP contribution in [0.15, 0.2) is 24.3 Å². The summed E-state index contributed by atoms with van der Waals surface area (Å²) in [4.78, 5) is 12.7. The van der Waals surface area contributed by atoms with E-state index in [1.54, 1.807) is 0 Å². The monoisotopic (exact) mass is 274 g/mol. The molecule has 1 aliphatic rings. The van der Waals surface area contributed by atoms with E-state index in [0.29, 0.717) is 12.5 Å². The molecule has 20 heavy (non-hydrogen) atoms. The molecule has 0 aromatic heterocycles. The Kier molecular flexibility index (Phi) is 4.48. The molecule has 1 aromatic carbocycles. The van der Waals surface area contributed by atoms with Gasteiger partial charge in [-0.25, -0.2) is 0 Å². The van der Waals surface area contributed by atoms with Gasteiger partial charge in [0.25, 0.3) is 0 Å². The standard InChI is InChI=1S/C17H26N2O/c1-12-7-4-5-9-14(12)17(2,3)16(20)19-15-10-6-8-13(15)11-18/h4-5,7,9,13,15H,6,8,10-11,18H2,1-3H3,(H,19,20). The highest BCUT2D eigenvalue weighted by molar-refractivity contribution is 5.88. The van der Waals surface area contributed by atoms with Gasteiger partial charge in [-0.1, -0.05) is 30.7 Å². The minimum atomic E-state index is -0.507. The Balaban J connectivity index is 2.13. The maximum atomic E-state index is 12.7. The molecular weight excluding hydrogens is 248 g/mol. The van der Waals surface area contributed by atoms with Gasteiger partial charge in [0.2, 0.25) is 5.91 Å². The number of aryl methyl sites for hydroxylation is 1. The Labute approximate surface area is 121 Å². The lowest BCUT2D eigenvalue weighted by Crippen LogP contribution is -2.47. The highest BCUT2D eigenvalue weighted by atomic mass is 16.2. The zero-order chi connectivity index (χ0) is 14.8. The predicted octanol–water partition coefficient (Wildman–Crippen LogP) is 2.52. The molecular formula is C17H26N2O. The molecule has 0 heterocycles. The summed E-state index contributed by atoms with van der Waals surface area (Å²) in [6, 6.07) is 8.35. The van der Waals surface area contributed by atoms with E-state index >= 15 is 0 Å². The lowest BCUT2D eigenvalue weighted by Gasteiger charge is -2.29. The van der Waals surface area contributed by atoms with Gasteiger partial charge in [-0.3, -0.25) is 4.79 Å². The molecule has 2 rings (SSSR count). The van der Waals surface area contributed by atoms with Crippen molar-refractivity contribution in [3.05, 3.63) is 35.4 Å². The summed E-state index contributed by atoms with van der Waals surface area (Å²) in [5.41, 5.74) is 7.54. The van der Waals surface area contributed by atoms with Gasteiger partial charge in [0.1, 0.15) is 0 Å². The molecule has 3 N–H and O–H groups in total. The number of rotatable bonds is 4. The van der Waals surface area contributed by atoms with Gasteiger partial charge >= 0.3 is 0 Å². The molecule has 0 radical (unpaired) electrons. The zero-order valence-corrected chi connectivity index (χ0v) is 12.8. The Morgan fingerprint density at radius 2 is 2.05 bits per heavy atom. The Hall–Kier alpha value is -1.35. The van der Waals surface area contributed by atoms with Crippen LogP contribution in [0.4, 0.5) is 0 Å². The van der Waals surface area contributed by atoms with Crippen molar-refractivity contribution in [2.45, 2.75) is 51.5 Å². The molecule has 0 saturated heterocycles. The van der Waals surface area contributed by atoms with Crippen molar-refractivity contribution in [1.29, 1.82) is 0 Å². The molecule has 0 spiro atoms. The van der Waals surface area contributed by atoms with Crippen LogP contribution < -0.4 is 11.1 Å². The highest BCUT2D eigenvalue weighted by Gasteiger charge is 2.35. The summed E-state index contributed by atoms with van der Waals surface area (Å²) >= 11 is 0. The molecule has 1 amide bonds. The fourth-order valence-corrected chi connectivity index (χ4v) is 3.25. The van der Waals surface area contributed by atoms with Crippen LogP contribution in [-0.2, 0) is 10.2 Å². The van der Waals surface area contributed by atoms with Crippen molar-refractivity contribution in [2.75, 3.05) is 6.54 Å². The van der Waals surface area contributed by atoms with Crippen molar-refractivity contribution in [1.82, 2.24) is 5.32 Å². The Bertz CT molecular complexity index is 482. The largest absolute Gasteiger partial charge is 0.352 e. The average Bonchev–Trinajstić information content (AvgIpc) is 2.86. The SMILES string of the molecule is Cc1ccccc1C(C)(C)C(=O)NC1CCCC1CN. The summed E-state index contributed by atoms with van der Waals surface area (Å²) in [5.74, 6) is 0.545. The Morgan fingerprint density at radius 1 is 1.35 bits per heavy atom. The van der Waals surface area contributed by atoms with E-state index in [2.05, 4.69) is 18.3 Å². The van der Waals surface area contributed by atoms with E-state index in [9.17, 15) is 4.79 Å². The van der Waals surface area contributed by atoms with Gasteiger partial charge in [-0.15, -0.1) is 0 Å². The van der Waals surface area contributed by atoms with E-state index < -0.39 is 5.41 Å². The fourth-order valence-electron chi connectivity index (χ4n) is 3.25. The summed E-state index contributed by atoms with van der Waals surface area (Å²) in [6.07, 6.45) is 3.35. The normalized spacial score (nSPS) is 22.8. The number of benzene rings is 1. The van der Waals surface area contributed by atoms with E-state index in [-0.39, 0.29) is 11.9 Å². The second-order valence-electron chi connectivity index (χ2n) is 6.45. The summed E-state index contributed by atoms with van der Waals surface area (Å²) in [6.45, 7) is 6.71. The maximum Gasteiger partial charge on any atom is 0.230 e. The first kappa shape index (κ1) is 15.0. The third-order valence-corrected chi connectivity index (χ3v) is 4.66. The molecule has 2 atom stereocenters. The predicted molar refractivity (Wildman–Crippen MR) is 82.5 cm³/mol. The zero-order valence-electron chi connectivity index (χ0n) is 12.8. The van der Waals surface area contributed by atoms with Crippen molar-refractivity contribution in [3.63, 3.8) is 0 Å². The number of hydrogen-bond donors (Lipinski definition) is 2. The van der Waals surface area contributed by atoms with Crippen molar-refractivity contribution >= 4 is 5.91 Å². The number of carbonyl (C=O) groups is 1.